The van der Waals surface area contributed by atoms with E-state index in [0.29, 0.717) is 10.8 Å². The molecule has 0 spiro atoms. The number of rotatable bonds is 3. The van der Waals surface area contributed by atoms with Crippen LogP contribution in [0.25, 0.3) is 11.3 Å². The van der Waals surface area contributed by atoms with Gasteiger partial charge in [-0.2, -0.15) is 5.10 Å². The molecule has 0 bridgehead atoms. The number of hydrogen-bond donors (Lipinski definition) is 1. The average Bonchev–Trinajstić information content (AvgIpc) is 2.93. The fourth-order valence-corrected chi connectivity index (χ4v) is 2.63. The molecule has 25 heavy (non-hydrogen) atoms. The van der Waals surface area contributed by atoms with Crippen LogP contribution >= 0.6 is 11.6 Å². The van der Waals surface area contributed by atoms with Crippen molar-refractivity contribution in [1.29, 1.82) is 0 Å². The van der Waals surface area contributed by atoms with E-state index in [1.54, 1.807) is 19.3 Å². The van der Waals surface area contributed by atoms with Gasteiger partial charge in [-0.05, 0) is 36.8 Å². The van der Waals surface area contributed by atoms with E-state index < -0.39 is 23.2 Å². The molecule has 0 aliphatic carbocycles. The van der Waals surface area contributed by atoms with E-state index in [9.17, 15) is 13.6 Å². The third-order valence-electron chi connectivity index (χ3n) is 3.67. The molecule has 0 atom stereocenters. The molecule has 0 fully saturated rings. The van der Waals surface area contributed by atoms with Gasteiger partial charge in [0.1, 0.15) is 22.5 Å². The fourth-order valence-electron chi connectivity index (χ4n) is 2.41. The molecular formula is C17H13ClF2N4O. The summed E-state index contributed by atoms with van der Waals surface area (Å²) in [5.74, 6) is -2.44. The first-order valence-electron chi connectivity index (χ1n) is 7.28. The van der Waals surface area contributed by atoms with Crippen molar-refractivity contribution in [2.24, 2.45) is 7.05 Å². The average molecular weight is 363 g/mol. The molecule has 128 valence electrons. The summed E-state index contributed by atoms with van der Waals surface area (Å²) in [5, 5.41) is 6.67. The van der Waals surface area contributed by atoms with Crippen molar-refractivity contribution >= 4 is 23.2 Å². The highest BCUT2D eigenvalue weighted by atomic mass is 35.5. The summed E-state index contributed by atoms with van der Waals surface area (Å²) in [6.45, 7) is 1.85. The van der Waals surface area contributed by atoms with Crippen LogP contribution in [0, 0.1) is 18.6 Å². The molecule has 2 heterocycles. The second-order valence-corrected chi connectivity index (χ2v) is 5.80. The molecule has 5 nitrogen and oxygen atoms in total. The van der Waals surface area contributed by atoms with Crippen LogP contribution in [0.5, 0.6) is 0 Å². The number of amides is 1. The van der Waals surface area contributed by atoms with Crippen LogP contribution in [0.2, 0.25) is 5.15 Å². The summed E-state index contributed by atoms with van der Waals surface area (Å²) in [7, 11) is 1.66. The number of nitrogens with one attached hydrogen (secondary N) is 1. The highest BCUT2D eigenvalue weighted by Gasteiger charge is 2.18. The molecule has 1 amide bonds. The van der Waals surface area contributed by atoms with Crippen molar-refractivity contribution in [3.63, 3.8) is 0 Å². The van der Waals surface area contributed by atoms with Gasteiger partial charge in [-0.25, -0.2) is 13.8 Å². The van der Waals surface area contributed by atoms with Gasteiger partial charge in [-0.15, -0.1) is 0 Å². The van der Waals surface area contributed by atoms with Crippen molar-refractivity contribution in [2.45, 2.75) is 6.92 Å². The summed E-state index contributed by atoms with van der Waals surface area (Å²) >= 11 is 5.85. The van der Waals surface area contributed by atoms with Crippen LogP contribution < -0.4 is 5.32 Å². The lowest BCUT2D eigenvalue weighted by atomic mass is 10.1. The van der Waals surface area contributed by atoms with Gasteiger partial charge in [0.05, 0.1) is 5.69 Å². The molecule has 0 saturated carbocycles. The van der Waals surface area contributed by atoms with Crippen molar-refractivity contribution in [3.05, 3.63) is 64.6 Å². The summed E-state index contributed by atoms with van der Waals surface area (Å²) in [4.78, 5) is 16.3. The zero-order valence-corrected chi connectivity index (χ0v) is 14.1. The van der Waals surface area contributed by atoms with Gasteiger partial charge in [0.25, 0.3) is 5.91 Å². The van der Waals surface area contributed by atoms with Crippen molar-refractivity contribution in [2.75, 3.05) is 5.32 Å². The highest BCUT2D eigenvalue weighted by molar-refractivity contribution is 6.29. The molecule has 0 unspecified atom stereocenters. The Morgan fingerprint density at radius 1 is 1.24 bits per heavy atom. The number of aromatic nitrogens is 3. The molecule has 1 aromatic carbocycles. The number of hydrogen-bond acceptors (Lipinski definition) is 3. The number of benzene rings is 1. The van der Waals surface area contributed by atoms with Crippen LogP contribution in [-0.4, -0.2) is 20.7 Å². The third kappa shape index (κ3) is 3.36. The van der Waals surface area contributed by atoms with Crippen LogP contribution in [-0.2, 0) is 7.05 Å². The number of carbonyl (C=O) groups excluding carboxylic acids is 1. The molecule has 0 saturated heterocycles. The second kappa shape index (κ2) is 6.60. The van der Waals surface area contributed by atoms with E-state index in [2.05, 4.69) is 15.4 Å². The first-order chi connectivity index (χ1) is 11.9. The maximum Gasteiger partial charge on any atom is 0.276 e. The summed E-state index contributed by atoms with van der Waals surface area (Å²) in [5.41, 5.74) is 1.74. The molecule has 0 aliphatic heterocycles. The molecule has 3 aromatic rings. The van der Waals surface area contributed by atoms with Gasteiger partial charge < -0.3 is 5.32 Å². The van der Waals surface area contributed by atoms with Crippen LogP contribution in [0.4, 0.5) is 14.5 Å². The van der Waals surface area contributed by atoms with E-state index in [0.717, 1.165) is 23.3 Å². The zero-order valence-electron chi connectivity index (χ0n) is 13.3. The maximum atomic E-state index is 13.7. The Kier molecular flexibility index (Phi) is 4.50. The minimum atomic E-state index is -0.859. The summed E-state index contributed by atoms with van der Waals surface area (Å²) < 4.78 is 28.8. The van der Waals surface area contributed by atoms with E-state index in [-0.39, 0.29) is 5.69 Å². The monoisotopic (exact) mass is 362 g/mol. The molecule has 0 radical (unpaired) electrons. The predicted molar refractivity (Wildman–Crippen MR) is 90.5 cm³/mol. The molecular weight excluding hydrogens is 350 g/mol. The normalized spacial score (nSPS) is 10.8. The third-order valence-corrected chi connectivity index (χ3v) is 3.87. The molecule has 2 aromatic heterocycles. The van der Waals surface area contributed by atoms with E-state index in [4.69, 9.17) is 11.6 Å². The number of halogens is 3. The van der Waals surface area contributed by atoms with Crippen molar-refractivity contribution in [1.82, 2.24) is 14.8 Å². The SMILES string of the molecule is Cc1cc(Cl)ncc1-c1cc(C(=O)Nc2c(F)cccc2F)nn1C. The Balaban J connectivity index is 1.93. The Morgan fingerprint density at radius 2 is 1.92 bits per heavy atom. The highest BCUT2D eigenvalue weighted by Crippen LogP contribution is 2.25. The Hall–Kier alpha value is -2.80. The standard InChI is InChI=1S/C17H13ClF2N4O/c1-9-6-15(18)21-8-10(9)14-7-13(23-24(14)2)17(25)22-16-11(19)4-3-5-12(16)20/h3-8H,1-2H3,(H,22,25). The van der Waals surface area contributed by atoms with E-state index in [1.165, 1.54) is 16.8 Å². The summed E-state index contributed by atoms with van der Waals surface area (Å²) in [6.07, 6.45) is 1.58. The first kappa shape index (κ1) is 17.0. The Labute approximate surface area is 147 Å². The van der Waals surface area contributed by atoms with E-state index >= 15 is 0 Å². The van der Waals surface area contributed by atoms with Gasteiger partial charge >= 0.3 is 0 Å². The lowest BCUT2D eigenvalue weighted by Gasteiger charge is -2.05. The number of anilines is 1. The molecule has 3 rings (SSSR count). The second-order valence-electron chi connectivity index (χ2n) is 5.41. The van der Waals surface area contributed by atoms with Crippen LogP contribution in [0.3, 0.4) is 0 Å². The maximum absolute atomic E-state index is 13.7. The Bertz CT molecular complexity index is 951. The number of nitrogens with zero attached hydrogens (tertiary/aromatic N) is 3. The van der Waals surface area contributed by atoms with Gasteiger partial charge in [0, 0.05) is 18.8 Å². The van der Waals surface area contributed by atoms with Gasteiger partial charge in [0.2, 0.25) is 0 Å². The smallest absolute Gasteiger partial charge is 0.276 e. The van der Waals surface area contributed by atoms with Crippen molar-refractivity contribution in [3.8, 4) is 11.3 Å². The minimum absolute atomic E-state index is 0.0227. The van der Waals surface area contributed by atoms with Gasteiger partial charge in [-0.1, -0.05) is 17.7 Å². The zero-order chi connectivity index (χ0) is 18.1. The Morgan fingerprint density at radius 3 is 2.56 bits per heavy atom. The number of aryl methyl sites for hydroxylation is 2. The summed E-state index contributed by atoms with van der Waals surface area (Å²) in [6, 6.07) is 6.55. The van der Waals surface area contributed by atoms with Crippen LogP contribution in [0.1, 0.15) is 16.1 Å². The lowest BCUT2D eigenvalue weighted by Crippen LogP contribution is -2.15. The van der Waals surface area contributed by atoms with Crippen LogP contribution in [0.15, 0.2) is 36.5 Å². The minimum Gasteiger partial charge on any atom is -0.316 e. The van der Waals surface area contributed by atoms with Crippen molar-refractivity contribution < 1.29 is 13.6 Å². The first-order valence-corrected chi connectivity index (χ1v) is 7.66. The van der Waals surface area contributed by atoms with E-state index in [1.807, 2.05) is 6.92 Å². The largest absolute Gasteiger partial charge is 0.316 e. The van der Waals surface area contributed by atoms with Gasteiger partial charge in [-0.3, -0.25) is 9.48 Å². The topological polar surface area (TPSA) is 59.8 Å². The molecule has 0 aliphatic rings. The molecule has 1 N–H and O–H groups in total. The fraction of sp³-hybridized carbons (Fsp3) is 0.118. The van der Waals surface area contributed by atoms with Gasteiger partial charge in [0.15, 0.2) is 5.69 Å². The number of para-hydroxylation sites is 1. The molecule has 8 heteroatoms. The number of pyridine rings is 1. The lowest BCUT2D eigenvalue weighted by molar-refractivity contribution is 0.102. The predicted octanol–water partition coefficient (Wildman–Crippen LogP) is 3.97. The quantitative estimate of drug-likeness (QED) is 0.717. The number of carbonyl (C=O) groups is 1.